The van der Waals surface area contributed by atoms with Gasteiger partial charge in [-0.15, -0.1) is 0 Å². The van der Waals surface area contributed by atoms with Crippen molar-refractivity contribution in [1.82, 2.24) is 9.80 Å². The fourth-order valence-electron chi connectivity index (χ4n) is 3.06. The Balaban J connectivity index is 1.99. The predicted molar refractivity (Wildman–Crippen MR) is 60.5 cm³/mol. The van der Waals surface area contributed by atoms with Gasteiger partial charge >= 0.3 is 0 Å². The van der Waals surface area contributed by atoms with E-state index in [1.165, 1.54) is 19.5 Å². The molecule has 82 valence electrons. The van der Waals surface area contributed by atoms with Gasteiger partial charge < -0.3 is 0 Å². The molecule has 2 saturated heterocycles. The van der Waals surface area contributed by atoms with Crippen LogP contribution in [0.3, 0.4) is 0 Å². The average Bonchev–Trinajstić information content (AvgIpc) is 2.24. The first kappa shape index (κ1) is 10.4. The van der Waals surface area contributed by atoms with Gasteiger partial charge in [0.25, 0.3) is 0 Å². The molecule has 0 spiro atoms. The monoisotopic (exact) mass is 196 g/mol. The van der Waals surface area contributed by atoms with Gasteiger partial charge in [0.1, 0.15) is 0 Å². The number of fused-ring (bicyclic) bond motifs is 1. The highest BCUT2D eigenvalue weighted by molar-refractivity contribution is 5.07. The van der Waals surface area contributed by atoms with Gasteiger partial charge in [0.05, 0.1) is 0 Å². The molecule has 0 amide bonds. The van der Waals surface area contributed by atoms with Crippen LogP contribution in [0.2, 0.25) is 0 Å². The third-order valence-electron chi connectivity index (χ3n) is 3.86. The summed E-state index contributed by atoms with van der Waals surface area (Å²) in [6, 6.07) is 2.43. The first-order valence-electron chi connectivity index (χ1n) is 5.94. The molecule has 0 aromatic heterocycles. The molecule has 2 heterocycles. The van der Waals surface area contributed by atoms with Crippen LogP contribution in [0.1, 0.15) is 41.0 Å². The van der Waals surface area contributed by atoms with Crippen LogP contribution in [-0.2, 0) is 0 Å². The second kappa shape index (κ2) is 3.21. The highest BCUT2D eigenvalue weighted by Gasteiger charge is 2.50. The maximum absolute atomic E-state index is 2.67. The van der Waals surface area contributed by atoms with E-state index < -0.39 is 0 Å². The van der Waals surface area contributed by atoms with Crippen LogP contribution >= 0.6 is 0 Å². The standard InChI is InChI=1S/C12H24N2/c1-9(2)13-7-6-10-11(13)8-14(10)12(3,4)5/h9-11H,6-8H2,1-5H3. The summed E-state index contributed by atoms with van der Waals surface area (Å²) < 4.78 is 0. The molecule has 14 heavy (non-hydrogen) atoms. The molecule has 2 aliphatic rings. The minimum atomic E-state index is 0.369. The quantitative estimate of drug-likeness (QED) is 0.632. The van der Waals surface area contributed by atoms with Crippen molar-refractivity contribution in [2.24, 2.45) is 0 Å². The van der Waals surface area contributed by atoms with Crippen molar-refractivity contribution in [2.45, 2.75) is 64.7 Å². The summed E-state index contributed by atoms with van der Waals surface area (Å²) in [6.07, 6.45) is 1.38. The Hall–Kier alpha value is -0.0800. The molecule has 2 unspecified atom stereocenters. The van der Waals surface area contributed by atoms with Crippen molar-refractivity contribution in [3.63, 3.8) is 0 Å². The smallest absolute Gasteiger partial charge is 0.0382 e. The van der Waals surface area contributed by atoms with E-state index in [9.17, 15) is 0 Å². The fraction of sp³-hybridized carbons (Fsp3) is 1.00. The van der Waals surface area contributed by atoms with Crippen molar-refractivity contribution in [2.75, 3.05) is 13.1 Å². The van der Waals surface area contributed by atoms with E-state index in [-0.39, 0.29) is 0 Å². The third kappa shape index (κ3) is 1.49. The zero-order valence-electron chi connectivity index (χ0n) is 10.2. The fourth-order valence-corrected chi connectivity index (χ4v) is 3.06. The summed E-state index contributed by atoms with van der Waals surface area (Å²) in [5, 5.41) is 0. The number of hydrogen-bond donors (Lipinski definition) is 0. The van der Waals surface area contributed by atoms with Gasteiger partial charge in [-0.05, 0) is 41.0 Å². The number of nitrogens with zero attached hydrogens (tertiary/aromatic N) is 2. The van der Waals surface area contributed by atoms with Gasteiger partial charge in [-0.2, -0.15) is 0 Å². The number of rotatable bonds is 1. The van der Waals surface area contributed by atoms with Crippen molar-refractivity contribution in [3.05, 3.63) is 0 Å². The Bertz CT molecular complexity index is 217. The molecule has 2 atom stereocenters. The zero-order chi connectivity index (χ0) is 10.5. The second-order valence-corrected chi connectivity index (χ2v) is 6.08. The van der Waals surface area contributed by atoms with E-state index in [1.807, 2.05) is 0 Å². The lowest BCUT2D eigenvalue weighted by molar-refractivity contribution is -0.0479. The van der Waals surface area contributed by atoms with E-state index in [0.717, 1.165) is 18.1 Å². The first-order chi connectivity index (χ1) is 6.41. The minimum absolute atomic E-state index is 0.369. The van der Waals surface area contributed by atoms with Crippen molar-refractivity contribution >= 4 is 0 Å². The Kier molecular flexibility index (Phi) is 2.39. The van der Waals surface area contributed by atoms with E-state index in [1.54, 1.807) is 0 Å². The van der Waals surface area contributed by atoms with Gasteiger partial charge in [-0.25, -0.2) is 0 Å². The van der Waals surface area contributed by atoms with E-state index in [2.05, 4.69) is 44.4 Å². The molecule has 2 heteroatoms. The Labute approximate surface area is 88.3 Å². The van der Waals surface area contributed by atoms with Crippen LogP contribution < -0.4 is 0 Å². The lowest BCUT2D eigenvalue weighted by atomic mass is 9.89. The van der Waals surface area contributed by atoms with Crippen LogP contribution in [0, 0.1) is 0 Å². The molecular formula is C12H24N2. The molecule has 0 saturated carbocycles. The summed E-state index contributed by atoms with van der Waals surface area (Å²) >= 11 is 0. The van der Waals surface area contributed by atoms with Gasteiger partial charge in [-0.3, -0.25) is 9.80 Å². The second-order valence-electron chi connectivity index (χ2n) is 6.08. The van der Waals surface area contributed by atoms with Crippen LogP contribution in [-0.4, -0.2) is 46.6 Å². The van der Waals surface area contributed by atoms with Crippen LogP contribution in [0.15, 0.2) is 0 Å². The molecule has 0 aromatic rings. The predicted octanol–water partition coefficient (Wildman–Crippen LogP) is 1.95. The summed E-state index contributed by atoms with van der Waals surface area (Å²) in [5.41, 5.74) is 0.369. The normalized spacial score (nSPS) is 34.7. The van der Waals surface area contributed by atoms with Gasteiger partial charge in [0.15, 0.2) is 0 Å². The molecule has 0 aromatic carbocycles. The summed E-state index contributed by atoms with van der Waals surface area (Å²) in [6.45, 7) is 14.2. The third-order valence-corrected chi connectivity index (χ3v) is 3.86. The van der Waals surface area contributed by atoms with Crippen LogP contribution in [0.4, 0.5) is 0 Å². The van der Waals surface area contributed by atoms with E-state index >= 15 is 0 Å². The van der Waals surface area contributed by atoms with Crippen molar-refractivity contribution in [3.8, 4) is 0 Å². The SMILES string of the molecule is CC(C)N1CCC2C1CN2C(C)(C)C. The maximum atomic E-state index is 2.67. The summed E-state index contributed by atoms with van der Waals surface area (Å²) in [4.78, 5) is 5.34. The molecule has 0 N–H and O–H groups in total. The Morgan fingerprint density at radius 1 is 1.14 bits per heavy atom. The maximum Gasteiger partial charge on any atom is 0.0382 e. The first-order valence-corrected chi connectivity index (χ1v) is 5.94. The molecule has 2 fully saturated rings. The molecule has 0 bridgehead atoms. The van der Waals surface area contributed by atoms with Crippen molar-refractivity contribution < 1.29 is 0 Å². The molecular weight excluding hydrogens is 172 g/mol. The van der Waals surface area contributed by atoms with Gasteiger partial charge in [-0.1, -0.05) is 0 Å². The average molecular weight is 196 g/mol. The highest BCUT2D eigenvalue weighted by Crippen LogP contribution is 2.38. The lowest BCUT2D eigenvalue weighted by Gasteiger charge is -2.54. The molecule has 0 radical (unpaired) electrons. The van der Waals surface area contributed by atoms with E-state index in [0.29, 0.717) is 5.54 Å². The van der Waals surface area contributed by atoms with E-state index in [4.69, 9.17) is 0 Å². The topological polar surface area (TPSA) is 6.48 Å². The van der Waals surface area contributed by atoms with Gasteiger partial charge in [0, 0.05) is 36.8 Å². The molecule has 0 aliphatic carbocycles. The Morgan fingerprint density at radius 2 is 1.79 bits per heavy atom. The van der Waals surface area contributed by atoms with Crippen LogP contribution in [0.25, 0.3) is 0 Å². The lowest BCUT2D eigenvalue weighted by Crippen LogP contribution is -2.67. The summed E-state index contributed by atoms with van der Waals surface area (Å²) in [5.74, 6) is 0. The van der Waals surface area contributed by atoms with Crippen molar-refractivity contribution in [1.29, 1.82) is 0 Å². The molecule has 2 rings (SSSR count). The molecule has 2 aliphatic heterocycles. The number of likely N-dealkylation sites (tertiary alicyclic amines) is 2. The summed E-state index contributed by atoms with van der Waals surface area (Å²) in [7, 11) is 0. The Morgan fingerprint density at radius 3 is 2.29 bits per heavy atom. The largest absolute Gasteiger partial charge is 0.295 e. The molecule has 2 nitrogen and oxygen atoms in total. The minimum Gasteiger partial charge on any atom is -0.295 e. The van der Waals surface area contributed by atoms with Gasteiger partial charge in [0.2, 0.25) is 0 Å². The zero-order valence-corrected chi connectivity index (χ0v) is 10.2. The number of hydrogen-bond acceptors (Lipinski definition) is 2. The van der Waals surface area contributed by atoms with Crippen LogP contribution in [0.5, 0.6) is 0 Å². The highest BCUT2D eigenvalue weighted by atomic mass is 15.4.